The maximum atomic E-state index is 11.8. The van der Waals surface area contributed by atoms with Crippen LogP contribution < -0.4 is 20.5 Å². The van der Waals surface area contributed by atoms with Gasteiger partial charge in [-0.15, -0.1) is 6.58 Å². The van der Waals surface area contributed by atoms with Crippen molar-refractivity contribution in [2.75, 3.05) is 13.2 Å². The Kier molecular flexibility index (Phi) is 7.32. The molecule has 5 heteroatoms. The highest BCUT2D eigenvalue weighted by Gasteiger charge is 2.16. The number of ether oxygens (including phenoxy) is 2. The molecule has 0 radical (unpaired) electrons. The summed E-state index contributed by atoms with van der Waals surface area (Å²) < 4.78 is 11.3. The molecule has 0 fully saturated rings. The predicted molar refractivity (Wildman–Crippen MR) is 83.4 cm³/mol. The minimum atomic E-state index is -0.614. The van der Waals surface area contributed by atoms with Crippen LogP contribution >= 0.6 is 0 Å². The molecular formula is C16H24N2O3. The number of hydrogen-bond donors (Lipinski definition) is 2. The Hall–Kier alpha value is -2.01. The molecule has 116 valence electrons. The third-order valence-corrected chi connectivity index (χ3v) is 2.82. The summed E-state index contributed by atoms with van der Waals surface area (Å²) in [6, 6.07) is 5.48. The van der Waals surface area contributed by atoms with Crippen molar-refractivity contribution in [2.45, 2.75) is 32.9 Å². The van der Waals surface area contributed by atoms with Gasteiger partial charge in [0.2, 0.25) is 0 Å². The molecule has 0 saturated carbocycles. The van der Waals surface area contributed by atoms with Crippen molar-refractivity contribution in [3.8, 4) is 11.5 Å². The molecule has 1 atom stereocenters. The summed E-state index contributed by atoms with van der Waals surface area (Å²) in [5, 5.41) is 2.69. The molecule has 0 spiro atoms. The van der Waals surface area contributed by atoms with Gasteiger partial charge >= 0.3 is 0 Å². The number of amides is 1. The highest BCUT2D eigenvalue weighted by Crippen LogP contribution is 2.26. The molecule has 0 aromatic heterocycles. The second kappa shape index (κ2) is 9.02. The first-order valence-corrected chi connectivity index (χ1v) is 7.13. The summed E-state index contributed by atoms with van der Waals surface area (Å²) in [5.41, 5.74) is 6.53. The van der Waals surface area contributed by atoms with E-state index in [4.69, 9.17) is 15.2 Å². The van der Waals surface area contributed by atoms with Crippen molar-refractivity contribution in [1.29, 1.82) is 0 Å². The lowest BCUT2D eigenvalue weighted by Gasteiger charge is -2.17. The lowest BCUT2D eigenvalue weighted by molar-refractivity contribution is -0.127. The fourth-order valence-electron chi connectivity index (χ4n) is 1.68. The maximum absolute atomic E-state index is 11.8. The van der Waals surface area contributed by atoms with Gasteiger partial charge in [-0.2, -0.15) is 0 Å². The van der Waals surface area contributed by atoms with E-state index >= 15 is 0 Å². The zero-order valence-corrected chi connectivity index (χ0v) is 12.7. The summed E-state index contributed by atoms with van der Waals surface area (Å²) in [4.78, 5) is 11.8. The second-order valence-corrected chi connectivity index (χ2v) is 4.62. The SMILES string of the molecule is C=CCNC(=O)C(C)Oc1cc(OCCC)ccc1CN. The van der Waals surface area contributed by atoms with E-state index in [2.05, 4.69) is 11.9 Å². The average Bonchev–Trinajstić information content (AvgIpc) is 2.50. The molecule has 0 aliphatic heterocycles. The zero-order chi connectivity index (χ0) is 15.7. The molecule has 1 aromatic rings. The third kappa shape index (κ3) is 5.47. The van der Waals surface area contributed by atoms with Crippen molar-refractivity contribution in [2.24, 2.45) is 5.73 Å². The van der Waals surface area contributed by atoms with Crippen LogP contribution in [-0.2, 0) is 11.3 Å². The van der Waals surface area contributed by atoms with Gasteiger partial charge in [0, 0.05) is 24.7 Å². The van der Waals surface area contributed by atoms with Crippen LogP contribution in [0.4, 0.5) is 0 Å². The molecule has 21 heavy (non-hydrogen) atoms. The summed E-state index contributed by atoms with van der Waals surface area (Å²) in [6.07, 6.45) is 1.93. The van der Waals surface area contributed by atoms with Crippen LogP contribution in [0.3, 0.4) is 0 Å². The fraction of sp³-hybridized carbons (Fsp3) is 0.438. The van der Waals surface area contributed by atoms with E-state index in [0.29, 0.717) is 31.2 Å². The summed E-state index contributed by atoms with van der Waals surface area (Å²) in [5.74, 6) is 1.09. The van der Waals surface area contributed by atoms with Gasteiger partial charge in [0.1, 0.15) is 11.5 Å². The lowest BCUT2D eigenvalue weighted by Crippen LogP contribution is -2.36. The molecule has 1 amide bonds. The van der Waals surface area contributed by atoms with Crippen LogP contribution in [0.25, 0.3) is 0 Å². The van der Waals surface area contributed by atoms with E-state index < -0.39 is 6.10 Å². The number of carbonyl (C=O) groups is 1. The van der Waals surface area contributed by atoms with Crippen LogP contribution in [0.2, 0.25) is 0 Å². The average molecular weight is 292 g/mol. The van der Waals surface area contributed by atoms with Crippen LogP contribution in [0.5, 0.6) is 11.5 Å². The molecule has 3 N–H and O–H groups in total. The smallest absolute Gasteiger partial charge is 0.261 e. The van der Waals surface area contributed by atoms with Crippen LogP contribution in [-0.4, -0.2) is 25.2 Å². The van der Waals surface area contributed by atoms with Gasteiger partial charge in [0.25, 0.3) is 5.91 Å². The summed E-state index contributed by atoms with van der Waals surface area (Å²) in [6.45, 7) is 8.67. The van der Waals surface area contributed by atoms with Gasteiger partial charge in [-0.25, -0.2) is 0 Å². The minimum Gasteiger partial charge on any atom is -0.493 e. The topological polar surface area (TPSA) is 73.6 Å². The Morgan fingerprint density at radius 1 is 1.52 bits per heavy atom. The molecule has 5 nitrogen and oxygen atoms in total. The van der Waals surface area contributed by atoms with E-state index in [1.807, 2.05) is 19.1 Å². The van der Waals surface area contributed by atoms with Crippen molar-refractivity contribution in [3.05, 3.63) is 36.4 Å². The van der Waals surface area contributed by atoms with Crippen molar-refractivity contribution < 1.29 is 14.3 Å². The monoisotopic (exact) mass is 292 g/mol. The standard InChI is InChI=1S/C16H24N2O3/c1-4-8-18-16(19)12(3)21-15-10-14(20-9-5-2)7-6-13(15)11-17/h4,6-7,10,12H,1,5,8-9,11,17H2,2-3H3,(H,18,19). The van der Waals surface area contributed by atoms with Gasteiger partial charge in [0.15, 0.2) is 6.10 Å². The molecule has 1 unspecified atom stereocenters. The number of nitrogens with one attached hydrogen (secondary N) is 1. The lowest BCUT2D eigenvalue weighted by atomic mass is 10.2. The number of carbonyl (C=O) groups excluding carboxylic acids is 1. The Balaban J connectivity index is 2.78. The van der Waals surface area contributed by atoms with E-state index in [1.54, 1.807) is 19.1 Å². The van der Waals surface area contributed by atoms with Gasteiger partial charge in [-0.05, 0) is 19.4 Å². The van der Waals surface area contributed by atoms with Gasteiger partial charge in [0.05, 0.1) is 6.61 Å². The van der Waals surface area contributed by atoms with Crippen LogP contribution in [0.15, 0.2) is 30.9 Å². The van der Waals surface area contributed by atoms with Crippen LogP contribution in [0, 0.1) is 0 Å². The third-order valence-electron chi connectivity index (χ3n) is 2.82. The second-order valence-electron chi connectivity index (χ2n) is 4.62. The Morgan fingerprint density at radius 3 is 2.90 bits per heavy atom. The van der Waals surface area contributed by atoms with Gasteiger partial charge in [-0.1, -0.05) is 19.1 Å². The molecule has 0 bridgehead atoms. The first kappa shape index (κ1) is 17.0. The maximum Gasteiger partial charge on any atom is 0.261 e. The number of hydrogen-bond acceptors (Lipinski definition) is 4. The highest BCUT2D eigenvalue weighted by atomic mass is 16.5. The molecule has 0 aliphatic carbocycles. The number of benzene rings is 1. The minimum absolute atomic E-state index is 0.197. The largest absolute Gasteiger partial charge is 0.493 e. The zero-order valence-electron chi connectivity index (χ0n) is 12.7. The normalized spacial score (nSPS) is 11.6. The van der Waals surface area contributed by atoms with E-state index in [-0.39, 0.29) is 5.91 Å². The fourth-order valence-corrected chi connectivity index (χ4v) is 1.68. The molecular weight excluding hydrogens is 268 g/mol. The van der Waals surface area contributed by atoms with E-state index in [0.717, 1.165) is 12.0 Å². The van der Waals surface area contributed by atoms with Crippen molar-refractivity contribution in [1.82, 2.24) is 5.32 Å². The van der Waals surface area contributed by atoms with E-state index in [9.17, 15) is 4.79 Å². The summed E-state index contributed by atoms with van der Waals surface area (Å²) >= 11 is 0. The summed E-state index contributed by atoms with van der Waals surface area (Å²) in [7, 11) is 0. The number of rotatable bonds is 9. The molecule has 1 rings (SSSR count). The molecule has 0 aliphatic rings. The Morgan fingerprint density at radius 2 is 2.29 bits per heavy atom. The quantitative estimate of drug-likeness (QED) is 0.683. The predicted octanol–water partition coefficient (Wildman–Crippen LogP) is 2.00. The highest BCUT2D eigenvalue weighted by molar-refractivity contribution is 5.80. The van der Waals surface area contributed by atoms with Gasteiger partial charge in [-0.3, -0.25) is 4.79 Å². The number of nitrogens with two attached hydrogens (primary N) is 1. The van der Waals surface area contributed by atoms with Crippen molar-refractivity contribution >= 4 is 5.91 Å². The first-order valence-electron chi connectivity index (χ1n) is 7.13. The molecule has 0 heterocycles. The molecule has 1 aromatic carbocycles. The Labute approximate surface area is 126 Å². The van der Waals surface area contributed by atoms with Crippen LogP contribution in [0.1, 0.15) is 25.8 Å². The van der Waals surface area contributed by atoms with E-state index in [1.165, 1.54) is 0 Å². The Bertz CT molecular complexity index is 475. The van der Waals surface area contributed by atoms with Gasteiger partial charge < -0.3 is 20.5 Å². The first-order chi connectivity index (χ1) is 10.1. The van der Waals surface area contributed by atoms with Crippen molar-refractivity contribution in [3.63, 3.8) is 0 Å². The molecule has 0 saturated heterocycles.